The van der Waals surface area contributed by atoms with Crippen LogP contribution in [0.5, 0.6) is 0 Å². The predicted octanol–water partition coefficient (Wildman–Crippen LogP) is 4.19. The molecule has 4 saturated carbocycles. The monoisotopic (exact) mass is 378 g/mol. The second-order valence-corrected chi connectivity index (χ2v) is 11.1. The van der Waals surface area contributed by atoms with Gasteiger partial charge in [-0.25, -0.2) is 0 Å². The Balaban J connectivity index is 1.32. The van der Waals surface area contributed by atoms with Crippen molar-refractivity contribution in [2.45, 2.75) is 82.2 Å². The van der Waals surface area contributed by atoms with E-state index in [0.717, 1.165) is 50.6 Å². The molecule has 150 valence electrons. The van der Waals surface area contributed by atoms with E-state index in [1.54, 1.807) is 0 Å². The Morgan fingerprint density at radius 2 is 1.71 bits per heavy atom. The summed E-state index contributed by atoms with van der Waals surface area (Å²) in [7, 11) is 0. The zero-order chi connectivity index (χ0) is 18.9. The standard InChI is InChI=1S/C25H34N2O/c1-17-2-4-20(5-3-17)24-11-18-10-19(12-24)14-25(13-18,16-24)23(28)27-9-8-21-6-7-22(15-27)26-21/h2-5,18-19,21-22,26H,6-16H2,1H3. The first-order valence-electron chi connectivity index (χ1n) is 11.7. The molecule has 0 aromatic heterocycles. The first-order valence-corrected chi connectivity index (χ1v) is 11.7. The molecular formula is C25H34N2O. The minimum Gasteiger partial charge on any atom is -0.341 e. The first-order chi connectivity index (χ1) is 13.5. The van der Waals surface area contributed by atoms with Crippen molar-refractivity contribution in [1.29, 1.82) is 0 Å². The van der Waals surface area contributed by atoms with E-state index in [-0.39, 0.29) is 10.8 Å². The molecule has 1 amide bonds. The van der Waals surface area contributed by atoms with Gasteiger partial charge >= 0.3 is 0 Å². The summed E-state index contributed by atoms with van der Waals surface area (Å²) in [4.78, 5) is 16.3. The summed E-state index contributed by atoms with van der Waals surface area (Å²) in [6, 6.07) is 10.5. The molecule has 2 heterocycles. The van der Waals surface area contributed by atoms with Crippen LogP contribution in [0.4, 0.5) is 0 Å². The Bertz CT molecular complexity index is 770. The van der Waals surface area contributed by atoms with Gasteiger partial charge in [0.15, 0.2) is 0 Å². The molecular weight excluding hydrogens is 344 g/mol. The van der Waals surface area contributed by atoms with Gasteiger partial charge in [-0.3, -0.25) is 4.79 Å². The summed E-state index contributed by atoms with van der Waals surface area (Å²) in [5, 5.41) is 3.76. The molecule has 28 heavy (non-hydrogen) atoms. The van der Waals surface area contributed by atoms with E-state index < -0.39 is 0 Å². The third kappa shape index (κ3) is 2.61. The number of rotatable bonds is 2. The Labute approximate surface area is 169 Å². The molecule has 7 rings (SSSR count). The molecule has 1 aromatic carbocycles. The first kappa shape index (κ1) is 17.5. The molecule has 2 aliphatic heterocycles. The predicted molar refractivity (Wildman–Crippen MR) is 111 cm³/mol. The summed E-state index contributed by atoms with van der Waals surface area (Å²) in [5.41, 5.74) is 3.04. The molecule has 4 atom stereocenters. The topological polar surface area (TPSA) is 32.3 Å². The zero-order valence-corrected chi connectivity index (χ0v) is 17.3. The lowest BCUT2D eigenvalue weighted by Gasteiger charge is -2.62. The van der Waals surface area contributed by atoms with Crippen LogP contribution in [0.25, 0.3) is 0 Å². The summed E-state index contributed by atoms with van der Waals surface area (Å²) in [6.07, 6.45) is 11.1. The largest absolute Gasteiger partial charge is 0.341 e. The molecule has 6 fully saturated rings. The molecule has 3 nitrogen and oxygen atoms in total. The van der Waals surface area contributed by atoms with Gasteiger partial charge in [-0.05, 0) is 87.5 Å². The van der Waals surface area contributed by atoms with Crippen molar-refractivity contribution in [2.75, 3.05) is 13.1 Å². The molecule has 6 aliphatic rings. The molecule has 0 radical (unpaired) electrons. The second kappa shape index (κ2) is 6.08. The molecule has 6 bridgehead atoms. The average Bonchev–Trinajstić information content (AvgIpc) is 2.99. The smallest absolute Gasteiger partial charge is 0.228 e. The highest BCUT2D eigenvalue weighted by Crippen LogP contribution is 2.66. The van der Waals surface area contributed by atoms with Gasteiger partial charge in [-0.15, -0.1) is 0 Å². The number of nitrogens with zero attached hydrogens (tertiary/aromatic N) is 1. The number of amides is 1. The van der Waals surface area contributed by atoms with Gasteiger partial charge in [0.25, 0.3) is 0 Å². The maximum Gasteiger partial charge on any atom is 0.228 e. The van der Waals surface area contributed by atoms with E-state index in [1.807, 2.05) is 0 Å². The van der Waals surface area contributed by atoms with Crippen LogP contribution in [0.15, 0.2) is 24.3 Å². The summed E-state index contributed by atoms with van der Waals surface area (Å²) >= 11 is 0. The van der Waals surface area contributed by atoms with Crippen molar-refractivity contribution in [2.24, 2.45) is 17.3 Å². The fourth-order valence-corrected chi connectivity index (χ4v) is 8.22. The van der Waals surface area contributed by atoms with Crippen molar-refractivity contribution < 1.29 is 4.79 Å². The number of benzene rings is 1. The Hall–Kier alpha value is -1.35. The van der Waals surface area contributed by atoms with Gasteiger partial charge in [0.2, 0.25) is 5.91 Å². The Morgan fingerprint density at radius 3 is 2.46 bits per heavy atom. The van der Waals surface area contributed by atoms with E-state index in [0.29, 0.717) is 18.0 Å². The summed E-state index contributed by atoms with van der Waals surface area (Å²) in [5.74, 6) is 2.04. The van der Waals surface area contributed by atoms with Crippen molar-refractivity contribution in [3.63, 3.8) is 0 Å². The fourth-order valence-electron chi connectivity index (χ4n) is 8.22. The normalized spacial score (nSPS) is 44.0. The Kier molecular flexibility index (Phi) is 3.80. The molecule has 0 spiro atoms. The highest BCUT2D eigenvalue weighted by Gasteiger charge is 2.61. The van der Waals surface area contributed by atoms with E-state index in [9.17, 15) is 4.79 Å². The van der Waals surface area contributed by atoms with E-state index in [2.05, 4.69) is 41.4 Å². The van der Waals surface area contributed by atoms with Gasteiger partial charge in [0.05, 0.1) is 5.41 Å². The van der Waals surface area contributed by atoms with Crippen LogP contribution in [-0.2, 0) is 10.2 Å². The molecule has 1 aromatic rings. The quantitative estimate of drug-likeness (QED) is 0.837. The lowest BCUT2D eigenvalue weighted by Crippen LogP contribution is -2.60. The van der Waals surface area contributed by atoms with Crippen LogP contribution in [0.1, 0.15) is 68.9 Å². The fraction of sp³-hybridized carbons (Fsp3) is 0.720. The number of carbonyl (C=O) groups is 1. The molecule has 3 heteroatoms. The number of hydrogen-bond acceptors (Lipinski definition) is 2. The number of fused-ring (bicyclic) bond motifs is 2. The number of hydrogen-bond donors (Lipinski definition) is 1. The van der Waals surface area contributed by atoms with Gasteiger partial charge in [-0.1, -0.05) is 29.8 Å². The van der Waals surface area contributed by atoms with Crippen LogP contribution >= 0.6 is 0 Å². The third-order valence-corrected chi connectivity index (χ3v) is 8.99. The lowest BCUT2D eigenvalue weighted by atomic mass is 9.42. The highest BCUT2D eigenvalue weighted by molar-refractivity contribution is 5.84. The summed E-state index contributed by atoms with van der Waals surface area (Å²) in [6.45, 7) is 4.10. The highest BCUT2D eigenvalue weighted by atomic mass is 16.2. The van der Waals surface area contributed by atoms with Crippen molar-refractivity contribution >= 4 is 5.91 Å². The van der Waals surface area contributed by atoms with Crippen LogP contribution in [0, 0.1) is 24.2 Å². The average molecular weight is 379 g/mol. The van der Waals surface area contributed by atoms with Gasteiger partial charge in [-0.2, -0.15) is 0 Å². The summed E-state index contributed by atoms with van der Waals surface area (Å²) < 4.78 is 0. The Morgan fingerprint density at radius 1 is 1.00 bits per heavy atom. The number of likely N-dealkylation sites (tertiary alicyclic amines) is 1. The maximum atomic E-state index is 14.0. The van der Waals surface area contributed by atoms with Crippen LogP contribution in [0.2, 0.25) is 0 Å². The number of nitrogens with one attached hydrogen (secondary N) is 1. The SMILES string of the molecule is Cc1ccc(C23CC4CC(CC(C(=O)N5CCC6CCC(C5)N6)(C4)C2)C3)cc1. The molecule has 4 aliphatic carbocycles. The van der Waals surface area contributed by atoms with Gasteiger partial charge in [0, 0.05) is 25.2 Å². The third-order valence-electron chi connectivity index (χ3n) is 8.99. The lowest BCUT2D eigenvalue weighted by molar-refractivity contribution is -0.160. The van der Waals surface area contributed by atoms with E-state index in [1.165, 1.54) is 43.2 Å². The minimum absolute atomic E-state index is 0.0709. The van der Waals surface area contributed by atoms with E-state index in [4.69, 9.17) is 0 Å². The second-order valence-electron chi connectivity index (χ2n) is 11.1. The van der Waals surface area contributed by atoms with Gasteiger partial charge in [0.1, 0.15) is 0 Å². The van der Waals surface area contributed by atoms with Crippen LogP contribution < -0.4 is 5.32 Å². The van der Waals surface area contributed by atoms with Crippen molar-refractivity contribution in [3.05, 3.63) is 35.4 Å². The zero-order valence-electron chi connectivity index (χ0n) is 17.3. The maximum absolute atomic E-state index is 14.0. The van der Waals surface area contributed by atoms with Gasteiger partial charge < -0.3 is 10.2 Å². The molecule has 4 unspecified atom stereocenters. The van der Waals surface area contributed by atoms with Crippen molar-refractivity contribution in [3.8, 4) is 0 Å². The van der Waals surface area contributed by atoms with Crippen LogP contribution in [0.3, 0.4) is 0 Å². The van der Waals surface area contributed by atoms with E-state index >= 15 is 0 Å². The minimum atomic E-state index is -0.0709. The van der Waals surface area contributed by atoms with Crippen molar-refractivity contribution in [1.82, 2.24) is 10.2 Å². The number of carbonyl (C=O) groups excluding carboxylic acids is 1. The van der Waals surface area contributed by atoms with Crippen LogP contribution in [-0.4, -0.2) is 36.0 Å². The molecule has 1 N–H and O–H groups in total. The molecule has 2 saturated heterocycles. The number of aryl methyl sites for hydroxylation is 1.